The van der Waals surface area contributed by atoms with Crippen LogP contribution in [0.4, 0.5) is 5.69 Å². The molecule has 3 aromatic carbocycles. The van der Waals surface area contributed by atoms with Gasteiger partial charge in [0, 0.05) is 11.3 Å². The van der Waals surface area contributed by atoms with Gasteiger partial charge in [0.25, 0.3) is 5.91 Å². The Kier molecular flexibility index (Phi) is 5.33. The maximum Gasteiger partial charge on any atom is 0.326 e. The molecule has 0 unspecified atom stereocenters. The molecular weight excluding hydrogens is 366 g/mol. The number of nitrogens with zero attached hydrogens (tertiary/aromatic N) is 2. The Morgan fingerprint density at radius 3 is 2.48 bits per heavy atom. The van der Waals surface area contributed by atoms with Gasteiger partial charge in [-0.05, 0) is 23.8 Å². The van der Waals surface area contributed by atoms with Gasteiger partial charge in [0.1, 0.15) is 6.54 Å². The van der Waals surface area contributed by atoms with Gasteiger partial charge in [-0.2, -0.15) is 0 Å². The van der Waals surface area contributed by atoms with Crippen LogP contribution in [0.15, 0.2) is 85.2 Å². The van der Waals surface area contributed by atoms with E-state index >= 15 is 0 Å². The van der Waals surface area contributed by atoms with Crippen molar-refractivity contribution in [2.75, 3.05) is 11.9 Å². The lowest BCUT2D eigenvalue weighted by Crippen LogP contribution is -2.23. The van der Waals surface area contributed by atoms with Gasteiger partial charge in [-0.15, -0.1) is 0 Å². The molecule has 0 fully saturated rings. The van der Waals surface area contributed by atoms with Crippen LogP contribution < -0.4 is 5.32 Å². The number of anilines is 1. The summed E-state index contributed by atoms with van der Waals surface area (Å²) in [7, 11) is 0. The molecule has 6 heteroatoms. The van der Waals surface area contributed by atoms with Crippen molar-refractivity contribution in [3.8, 4) is 11.1 Å². The van der Waals surface area contributed by atoms with Crippen LogP contribution in [0.2, 0.25) is 0 Å². The number of imidazole rings is 1. The number of carbonyl (C=O) groups is 2. The molecule has 0 saturated carbocycles. The quantitative estimate of drug-likeness (QED) is 0.511. The van der Waals surface area contributed by atoms with Gasteiger partial charge in [0.05, 0.1) is 17.4 Å². The first-order valence-electron chi connectivity index (χ1n) is 9.20. The normalized spacial score (nSPS) is 10.6. The van der Waals surface area contributed by atoms with Crippen LogP contribution in [0.25, 0.3) is 22.2 Å². The predicted octanol–water partition coefficient (Wildman–Crippen LogP) is 3.89. The van der Waals surface area contributed by atoms with Crippen molar-refractivity contribution in [2.45, 2.75) is 6.54 Å². The van der Waals surface area contributed by atoms with E-state index in [0.717, 1.165) is 22.2 Å². The highest BCUT2D eigenvalue weighted by atomic mass is 16.5. The molecule has 144 valence electrons. The molecule has 29 heavy (non-hydrogen) atoms. The summed E-state index contributed by atoms with van der Waals surface area (Å²) in [4.78, 5) is 28.7. The third-order valence-electron chi connectivity index (χ3n) is 4.48. The van der Waals surface area contributed by atoms with Gasteiger partial charge >= 0.3 is 5.97 Å². The van der Waals surface area contributed by atoms with Crippen LogP contribution in [0.3, 0.4) is 0 Å². The first kappa shape index (κ1) is 18.4. The number of ether oxygens (including phenoxy) is 1. The van der Waals surface area contributed by atoms with Gasteiger partial charge < -0.3 is 14.6 Å². The summed E-state index contributed by atoms with van der Waals surface area (Å²) < 4.78 is 6.84. The Morgan fingerprint density at radius 1 is 0.897 bits per heavy atom. The summed E-state index contributed by atoms with van der Waals surface area (Å²) >= 11 is 0. The van der Waals surface area contributed by atoms with Crippen molar-refractivity contribution in [3.05, 3.63) is 85.2 Å². The Balaban J connectivity index is 1.37. The molecule has 0 saturated heterocycles. The van der Waals surface area contributed by atoms with Gasteiger partial charge in [-0.3, -0.25) is 9.59 Å². The molecule has 0 spiro atoms. The first-order valence-corrected chi connectivity index (χ1v) is 9.20. The van der Waals surface area contributed by atoms with E-state index in [1.54, 1.807) is 10.9 Å². The average molecular weight is 385 g/mol. The van der Waals surface area contributed by atoms with E-state index in [-0.39, 0.29) is 13.2 Å². The number of rotatable bonds is 6. The maximum absolute atomic E-state index is 12.3. The average Bonchev–Trinajstić information content (AvgIpc) is 3.16. The SMILES string of the molecule is O=C(COC(=O)Cn1cnc2ccccc21)Nc1ccccc1-c1ccccc1. The number of nitrogens with one attached hydrogen (secondary N) is 1. The van der Waals surface area contributed by atoms with Crippen LogP contribution in [-0.4, -0.2) is 28.0 Å². The van der Waals surface area contributed by atoms with E-state index in [1.807, 2.05) is 78.9 Å². The number of hydrogen-bond acceptors (Lipinski definition) is 4. The molecule has 4 rings (SSSR count). The van der Waals surface area contributed by atoms with Crippen molar-refractivity contribution in [2.24, 2.45) is 0 Å². The van der Waals surface area contributed by atoms with E-state index in [2.05, 4.69) is 10.3 Å². The van der Waals surface area contributed by atoms with Crippen LogP contribution in [0.1, 0.15) is 0 Å². The number of aromatic nitrogens is 2. The van der Waals surface area contributed by atoms with Crippen molar-refractivity contribution in [3.63, 3.8) is 0 Å². The third kappa shape index (κ3) is 4.32. The number of carbonyl (C=O) groups excluding carboxylic acids is 2. The topological polar surface area (TPSA) is 73.2 Å². The molecule has 0 aliphatic heterocycles. The fourth-order valence-corrected chi connectivity index (χ4v) is 3.11. The molecule has 4 aromatic rings. The van der Waals surface area contributed by atoms with E-state index in [0.29, 0.717) is 5.69 Å². The van der Waals surface area contributed by atoms with Crippen molar-refractivity contribution < 1.29 is 14.3 Å². The number of amides is 1. The van der Waals surface area contributed by atoms with Crippen molar-refractivity contribution in [1.82, 2.24) is 9.55 Å². The van der Waals surface area contributed by atoms with Crippen LogP contribution in [0, 0.1) is 0 Å². The largest absolute Gasteiger partial charge is 0.454 e. The molecule has 0 atom stereocenters. The number of fused-ring (bicyclic) bond motifs is 1. The number of esters is 1. The number of hydrogen-bond donors (Lipinski definition) is 1. The first-order chi connectivity index (χ1) is 14.2. The van der Waals surface area contributed by atoms with Gasteiger partial charge in [-0.25, -0.2) is 4.98 Å². The van der Waals surface area contributed by atoms with Gasteiger partial charge in [-0.1, -0.05) is 60.7 Å². The standard InChI is InChI=1S/C23H19N3O3/c27-22(25-19-11-5-4-10-18(19)17-8-2-1-3-9-17)15-29-23(28)14-26-16-24-20-12-6-7-13-21(20)26/h1-13,16H,14-15H2,(H,25,27). The minimum Gasteiger partial charge on any atom is -0.454 e. The molecular formula is C23H19N3O3. The summed E-state index contributed by atoms with van der Waals surface area (Å²) in [6.07, 6.45) is 1.59. The highest BCUT2D eigenvalue weighted by Gasteiger charge is 2.12. The molecule has 1 heterocycles. The Bertz CT molecular complexity index is 1150. The zero-order chi connectivity index (χ0) is 20.1. The Morgan fingerprint density at radius 2 is 1.62 bits per heavy atom. The Labute approximate surface area is 167 Å². The van der Waals surface area contributed by atoms with Gasteiger partial charge in [0.2, 0.25) is 0 Å². The van der Waals surface area contributed by atoms with Crippen LogP contribution in [0.5, 0.6) is 0 Å². The maximum atomic E-state index is 12.3. The molecule has 0 aliphatic carbocycles. The van der Waals surface area contributed by atoms with E-state index in [9.17, 15) is 9.59 Å². The lowest BCUT2D eigenvalue weighted by molar-refractivity contribution is -0.147. The second kappa shape index (κ2) is 8.39. The molecule has 0 radical (unpaired) electrons. The second-order valence-corrected chi connectivity index (χ2v) is 6.48. The minimum absolute atomic E-state index is 0.00556. The monoisotopic (exact) mass is 385 g/mol. The molecule has 0 bridgehead atoms. The fraction of sp³-hybridized carbons (Fsp3) is 0.0870. The molecule has 0 aliphatic rings. The lowest BCUT2D eigenvalue weighted by Gasteiger charge is -2.12. The van der Waals surface area contributed by atoms with E-state index in [4.69, 9.17) is 4.74 Å². The zero-order valence-corrected chi connectivity index (χ0v) is 15.6. The fourth-order valence-electron chi connectivity index (χ4n) is 3.11. The van der Waals surface area contributed by atoms with Crippen molar-refractivity contribution in [1.29, 1.82) is 0 Å². The summed E-state index contributed by atoms with van der Waals surface area (Å²) in [6, 6.07) is 24.8. The summed E-state index contributed by atoms with van der Waals surface area (Å²) in [5.41, 5.74) is 4.20. The van der Waals surface area contributed by atoms with Crippen molar-refractivity contribution >= 4 is 28.6 Å². The molecule has 1 N–H and O–H groups in total. The molecule has 6 nitrogen and oxygen atoms in total. The molecule has 1 amide bonds. The minimum atomic E-state index is -0.500. The number of para-hydroxylation sites is 3. The smallest absolute Gasteiger partial charge is 0.326 e. The summed E-state index contributed by atoms with van der Waals surface area (Å²) in [6.45, 7) is -0.358. The lowest BCUT2D eigenvalue weighted by atomic mass is 10.0. The molecule has 1 aromatic heterocycles. The van der Waals surface area contributed by atoms with Crippen LogP contribution >= 0.6 is 0 Å². The second-order valence-electron chi connectivity index (χ2n) is 6.48. The van der Waals surface area contributed by atoms with E-state index in [1.165, 1.54) is 0 Å². The van der Waals surface area contributed by atoms with Gasteiger partial charge in [0.15, 0.2) is 6.61 Å². The predicted molar refractivity (Wildman–Crippen MR) is 111 cm³/mol. The van der Waals surface area contributed by atoms with E-state index < -0.39 is 11.9 Å². The zero-order valence-electron chi connectivity index (χ0n) is 15.6. The number of benzene rings is 3. The highest BCUT2D eigenvalue weighted by molar-refractivity contribution is 5.96. The van der Waals surface area contributed by atoms with Crippen LogP contribution in [-0.2, 0) is 20.9 Å². The summed E-state index contributed by atoms with van der Waals surface area (Å²) in [5.74, 6) is -0.892. The Hall–Kier alpha value is -3.93. The highest BCUT2D eigenvalue weighted by Crippen LogP contribution is 2.27. The third-order valence-corrected chi connectivity index (χ3v) is 4.48. The summed E-state index contributed by atoms with van der Waals surface area (Å²) in [5, 5.41) is 2.82.